The Morgan fingerprint density at radius 3 is 2.16 bits per heavy atom. The van der Waals surface area contributed by atoms with Crippen LogP contribution in [0.3, 0.4) is 0 Å². The molecule has 1 atom stereocenters. The fourth-order valence-electron chi connectivity index (χ4n) is 3.44. The van der Waals surface area contributed by atoms with Crippen LogP contribution in [-0.2, 0) is 20.8 Å². The van der Waals surface area contributed by atoms with E-state index < -0.39 is 5.97 Å². The van der Waals surface area contributed by atoms with Crippen molar-refractivity contribution in [2.45, 2.75) is 12.6 Å². The van der Waals surface area contributed by atoms with Gasteiger partial charge in [0, 0.05) is 32.3 Å². The van der Waals surface area contributed by atoms with Crippen LogP contribution in [0, 0.1) is 0 Å². The molecule has 0 N–H and O–H groups in total. The Morgan fingerprint density at radius 2 is 1.58 bits per heavy atom. The van der Waals surface area contributed by atoms with E-state index in [4.69, 9.17) is 9.47 Å². The van der Waals surface area contributed by atoms with E-state index in [9.17, 15) is 14.4 Å². The van der Waals surface area contributed by atoms with Crippen LogP contribution in [0.25, 0.3) is 0 Å². The van der Waals surface area contributed by atoms with Gasteiger partial charge in [-0.15, -0.1) is 0 Å². The van der Waals surface area contributed by atoms with Crippen molar-refractivity contribution in [3.05, 3.63) is 65.2 Å². The molecule has 1 fully saturated rings. The molecule has 2 amide bonds. The van der Waals surface area contributed by atoms with Gasteiger partial charge in [-0.1, -0.05) is 12.1 Å². The molecule has 31 heavy (non-hydrogen) atoms. The van der Waals surface area contributed by atoms with Gasteiger partial charge in [0.05, 0.1) is 25.9 Å². The number of hydrogen-bond donors (Lipinski definition) is 0. The van der Waals surface area contributed by atoms with E-state index >= 15 is 0 Å². The molecule has 1 aliphatic heterocycles. The molecule has 8 heteroatoms. The summed E-state index contributed by atoms with van der Waals surface area (Å²) in [4.78, 5) is 40.7. The van der Waals surface area contributed by atoms with Gasteiger partial charge in [0.1, 0.15) is 12.3 Å². The SMILES string of the molecule is COC(=O)c1ccc(C(=O)N2CC(=O)N(Cc3ccc(OC)cc3)C[C@H](OC)C2)cc1. The monoisotopic (exact) mass is 426 g/mol. The molecule has 3 rings (SSSR count). The number of amides is 2. The third kappa shape index (κ3) is 5.40. The van der Waals surface area contributed by atoms with E-state index in [0.29, 0.717) is 30.8 Å². The number of methoxy groups -OCH3 is 3. The zero-order valence-electron chi connectivity index (χ0n) is 17.9. The van der Waals surface area contributed by atoms with Crippen molar-refractivity contribution in [3.8, 4) is 5.75 Å². The van der Waals surface area contributed by atoms with E-state index in [0.717, 1.165) is 11.3 Å². The zero-order valence-corrected chi connectivity index (χ0v) is 17.9. The Balaban J connectivity index is 1.73. The molecule has 0 aromatic heterocycles. The Hall–Kier alpha value is -3.39. The lowest BCUT2D eigenvalue weighted by atomic mass is 10.1. The smallest absolute Gasteiger partial charge is 0.337 e. The standard InChI is InChI=1S/C23H26N2O6/c1-29-19-10-4-16(5-11-19)12-24-13-20(30-2)14-25(15-21(24)26)22(27)17-6-8-18(9-7-17)23(28)31-3/h4-11,20H,12-15H2,1-3H3/t20-/m0/s1. The second-order valence-electron chi connectivity index (χ2n) is 7.23. The van der Waals surface area contributed by atoms with E-state index in [2.05, 4.69) is 4.74 Å². The maximum Gasteiger partial charge on any atom is 0.337 e. The molecule has 0 aliphatic carbocycles. The first-order chi connectivity index (χ1) is 14.9. The van der Waals surface area contributed by atoms with Crippen molar-refractivity contribution in [1.82, 2.24) is 9.80 Å². The van der Waals surface area contributed by atoms with Gasteiger partial charge in [0.2, 0.25) is 5.91 Å². The van der Waals surface area contributed by atoms with Gasteiger partial charge >= 0.3 is 5.97 Å². The first-order valence-electron chi connectivity index (χ1n) is 9.86. The first-order valence-corrected chi connectivity index (χ1v) is 9.86. The molecule has 0 bridgehead atoms. The molecular formula is C23H26N2O6. The van der Waals surface area contributed by atoms with E-state index in [1.807, 2.05) is 24.3 Å². The third-order valence-electron chi connectivity index (χ3n) is 5.23. The molecule has 2 aromatic carbocycles. The number of ether oxygens (including phenoxy) is 3. The van der Waals surface area contributed by atoms with Crippen molar-refractivity contribution in [2.75, 3.05) is 41.0 Å². The number of carbonyl (C=O) groups excluding carboxylic acids is 3. The van der Waals surface area contributed by atoms with Gasteiger partial charge in [-0.3, -0.25) is 9.59 Å². The topological polar surface area (TPSA) is 85.4 Å². The average Bonchev–Trinajstić information content (AvgIpc) is 2.97. The number of nitrogens with zero attached hydrogens (tertiary/aromatic N) is 2. The maximum atomic E-state index is 13.0. The highest BCUT2D eigenvalue weighted by Crippen LogP contribution is 2.17. The van der Waals surface area contributed by atoms with E-state index in [1.165, 1.54) is 24.1 Å². The lowest BCUT2D eigenvalue weighted by Gasteiger charge is -2.23. The lowest BCUT2D eigenvalue weighted by Crippen LogP contribution is -2.39. The minimum absolute atomic E-state index is 0.0480. The highest BCUT2D eigenvalue weighted by molar-refractivity contribution is 5.98. The number of esters is 1. The van der Waals surface area contributed by atoms with Crippen LogP contribution in [0.2, 0.25) is 0 Å². The summed E-state index contributed by atoms with van der Waals surface area (Å²) in [6.07, 6.45) is -0.317. The highest BCUT2D eigenvalue weighted by atomic mass is 16.5. The molecule has 1 saturated heterocycles. The molecule has 2 aromatic rings. The summed E-state index contributed by atoms with van der Waals surface area (Å²) < 4.78 is 15.4. The Bertz CT molecular complexity index is 926. The van der Waals surface area contributed by atoms with Crippen molar-refractivity contribution in [3.63, 3.8) is 0 Å². The Labute approximate surface area is 181 Å². The van der Waals surface area contributed by atoms with Gasteiger partial charge in [-0.05, 0) is 42.0 Å². The summed E-state index contributed by atoms with van der Waals surface area (Å²) in [7, 11) is 4.47. The Morgan fingerprint density at radius 1 is 0.935 bits per heavy atom. The van der Waals surface area contributed by atoms with E-state index in [1.54, 1.807) is 31.3 Å². The van der Waals surface area contributed by atoms with Gasteiger partial charge in [-0.25, -0.2) is 4.79 Å². The molecular weight excluding hydrogens is 400 g/mol. The van der Waals surface area contributed by atoms with Crippen molar-refractivity contribution < 1.29 is 28.6 Å². The van der Waals surface area contributed by atoms with Crippen LogP contribution >= 0.6 is 0 Å². The summed E-state index contributed by atoms with van der Waals surface area (Å²) >= 11 is 0. The molecule has 1 heterocycles. The normalized spacial score (nSPS) is 16.6. The number of rotatable bonds is 6. The predicted molar refractivity (Wildman–Crippen MR) is 113 cm³/mol. The lowest BCUT2D eigenvalue weighted by molar-refractivity contribution is -0.132. The highest BCUT2D eigenvalue weighted by Gasteiger charge is 2.31. The molecule has 0 unspecified atom stereocenters. The van der Waals surface area contributed by atoms with Crippen LogP contribution < -0.4 is 4.74 Å². The fourth-order valence-corrected chi connectivity index (χ4v) is 3.44. The minimum atomic E-state index is -0.474. The minimum Gasteiger partial charge on any atom is -0.497 e. The maximum absolute atomic E-state index is 13.0. The molecule has 0 spiro atoms. The van der Waals surface area contributed by atoms with Crippen molar-refractivity contribution in [2.24, 2.45) is 0 Å². The number of carbonyl (C=O) groups is 3. The average molecular weight is 426 g/mol. The van der Waals surface area contributed by atoms with Crippen molar-refractivity contribution >= 4 is 17.8 Å². The summed E-state index contributed by atoms with van der Waals surface area (Å²) in [5, 5.41) is 0. The molecule has 0 radical (unpaired) electrons. The largest absolute Gasteiger partial charge is 0.497 e. The van der Waals surface area contributed by atoms with Crippen LogP contribution in [0.5, 0.6) is 5.75 Å². The van der Waals surface area contributed by atoms with Crippen LogP contribution in [0.1, 0.15) is 26.3 Å². The Kier molecular flexibility index (Phi) is 7.25. The van der Waals surface area contributed by atoms with Crippen LogP contribution in [-0.4, -0.2) is 74.7 Å². The van der Waals surface area contributed by atoms with E-state index in [-0.39, 0.29) is 24.5 Å². The second-order valence-corrected chi connectivity index (χ2v) is 7.23. The summed E-state index contributed by atoms with van der Waals surface area (Å²) in [6, 6.07) is 13.7. The molecule has 8 nitrogen and oxygen atoms in total. The number of benzene rings is 2. The van der Waals surface area contributed by atoms with Crippen LogP contribution in [0.4, 0.5) is 0 Å². The van der Waals surface area contributed by atoms with Gasteiger partial charge in [0.15, 0.2) is 0 Å². The van der Waals surface area contributed by atoms with Gasteiger partial charge in [0.25, 0.3) is 5.91 Å². The summed E-state index contributed by atoms with van der Waals surface area (Å²) in [6.45, 7) is 1.04. The molecule has 1 aliphatic rings. The first kappa shape index (κ1) is 22.3. The van der Waals surface area contributed by atoms with Crippen LogP contribution in [0.15, 0.2) is 48.5 Å². The van der Waals surface area contributed by atoms with Gasteiger partial charge < -0.3 is 24.0 Å². The second kappa shape index (κ2) is 10.1. The van der Waals surface area contributed by atoms with Crippen molar-refractivity contribution in [1.29, 1.82) is 0 Å². The zero-order chi connectivity index (χ0) is 22.4. The quantitative estimate of drug-likeness (QED) is 0.657. The number of hydrogen-bond acceptors (Lipinski definition) is 6. The summed E-state index contributed by atoms with van der Waals surface area (Å²) in [5.74, 6) is -0.179. The fraction of sp³-hybridized carbons (Fsp3) is 0.348. The van der Waals surface area contributed by atoms with Gasteiger partial charge in [-0.2, -0.15) is 0 Å². The summed E-state index contributed by atoms with van der Waals surface area (Å²) in [5.41, 5.74) is 1.70. The predicted octanol–water partition coefficient (Wildman–Crippen LogP) is 1.98. The molecule has 164 valence electrons. The molecule has 0 saturated carbocycles. The third-order valence-corrected chi connectivity index (χ3v) is 5.23.